The SMILES string of the molecule is CC(=O)N1CCN(CC(=O)N[C@@H](C)c2ccc(F)cc2F)CC1. The number of carbonyl (C=O) groups is 2. The van der Waals surface area contributed by atoms with Crippen molar-refractivity contribution in [1.29, 1.82) is 0 Å². The third-order valence-corrected chi connectivity index (χ3v) is 3.99. The Morgan fingerprint density at radius 1 is 1.22 bits per heavy atom. The Kier molecular flexibility index (Phi) is 5.65. The molecular weight excluding hydrogens is 304 g/mol. The van der Waals surface area contributed by atoms with E-state index in [4.69, 9.17) is 0 Å². The minimum atomic E-state index is -0.673. The summed E-state index contributed by atoms with van der Waals surface area (Å²) in [6.07, 6.45) is 0. The monoisotopic (exact) mass is 325 g/mol. The van der Waals surface area contributed by atoms with Crippen LogP contribution in [0, 0.1) is 11.6 Å². The summed E-state index contributed by atoms with van der Waals surface area (Å²) in [5.41, 5.74) is 0.251. The highest BCUT2D eigenvalue weighted by atomic mass is 19.1. The molecule has 1 heterocycles. The smallest absolute Gasteiger partial charge is 0.234 e. The van der Waals surface area contributed by atoms with Gasteiger partial charge in [-0.05, 0) is 13.0 Å². The minimum Gasteiger partial charge on any atom is -0.348 e. The Labute approximate surface area is 134 Å². The molecule has 0 bridgehead atoms. The van der Waals surface area contributed by atoms with Crippen LogP contribution >= 0.6 is 0 Å². The van der Waals surface area contributed by atoms with Gasteiger partial charge in [0, 0.05) is 44.7 Å². The standard InChI is InChI=1S/C16H21F2N3O2/c1-11(14-4-3-13(17)9-15(14)18)19-16(23)10-20-5-7-21(8-6-20)12(2)22/h3-4,9,11H,5-8,10H2,1-2H3,(H,19,23)/t11-/m0/s1. The summed E-state index contributed by atoms with van der Waals surface area (Å²) in [7, 11) is 0. The summed E-state index contributed by atoms with van der Waals surface area (Å²) < 4.78 is 26.6. The number of rotatable bonds is 4. The predicted octanol–water partition coefficient (Wildman–Crippen LogP) is 1.31. The maximum absolute atomic E-state index is 13.7. The number of hydrogen-bond acceptors (Lipinski definition) is 3. The van der Waals surface area contributed by atoms with Gasteiger partial charge in [0.05, 0.1) is 12.6 Å². The molecule has 0 radical (unpaired) electrons. The number of hydrogen-bond donors (Lipinski definition) is 1. The third-order valence-electron chi connectivity index (χ3n) is 3.99. The summed E-state index contributed by atoms with van der Waals surface area (Å²) >= 11 is 0. The van der Waals surface area contributed by atoms with Crippen molar-refractivity contribution < 1.29 is 18.4 Å². The first kappa shape index (κ1) is 17.3. The third kappa shape index (κ3) is 4.72. The predicted molar refractivity (Wildman–Crippen MR) is 81.6 cm³/mol. The first-order valence-electron chi connectivity index (χ1n) is 7.59. The van der Waals surface area contributed by atoms with Crippen LogP contribution in [0.3, 0.4) is 0 Å². The van der Waals surface area contributed by atoms with E-state index in [0.29, 0.717) is 26.2 Å². The molecule has 0 spiro atoms. The summed E-state index contributed by atoms with van der Waals surface area (Å²) in [5.74, 6) is -1.51. The van der Waals surface area contributed by atoms with E-state index in [1.807, 2.05) is 4.90 Å². The number of piperazine rings is 1. The molecule has 7 heteroatoms. The quantitative estimate of drug-likeness (QED) is 0.908. The summed E-state index contributed by atoms with van der Waals surface area (Å²) in [6, 6.07) is 2.77. The van der Waals surface area contributed by atoms with Crippen LogP contribution in [0.25, 0.3) is 0 Å². The van der Waals surface area contributed by atoms with E-state index in [1.165, 1.54) is 19.1 Å². The van der Waals surface area contributed by atoms with Gasteiger partial charge in [-0.2, -0.15) is 0 Å². The molecule has 2 rings (SSSR count). The molecule has 0 aliphatic carbocycles. The second-order valence-corrected chi connectivity index (χ2v) is 5.74. The van der Waals surface area contributed by atoms with Crippen LogP contribution in [-0.2, 0) is 9.59 Å². The fourth-order valence-corrected chi connectivity index (χ4v) is 2.64. The number of nitrogens with zero attached hydrogens (tertiary/aromatic N) is 2. The lowest BCUT2D eigenvalue weighted by atomic mass is 10.1. The molecular formula is C16H21F2N3O2. The van der Waals surface area contributed by atoms with E-state index >= 15 is 0 Å². The maximum Gasteiger partial charge on any atom is 0.234 e. The van der Waals surface area contributed by atoms with Gasteiger partial charge in [-0.3, -0.25) is 14.5 Å². The largest absolute Gasteiger partial charge is 0.348 e. The molecule has 1 saturated heterocycles. The number of carbonyl (C=O) groups excluding carboxylic acids is 2. The molecule has 5 nitrogen and oxygen atoms in total. The molecule has 1 N–H and O–H groups in total. The van der Waals surface area contributed by atoms with E-state index in [0.717, 1.165) is 6.07 Å². The van der Waals surface area contributed by atoms with Gasteiger partial charge in [-0.15, -0.1) is 0 Å². The highest BCUT2D eigenvalue weighted by Gasteiger charge is 2.21. The van der Waals surface area contributed by atoms with Crippen LogP contribution in [0.4, 0.5) is 8.78 Å². The highest BCUT2D eigenvalue weighted by Crippen LogP contribution is 2.17. The molecule has 0 unspecified atom stereocenters. The van der Waals surface area contributed by atoms with Gasteiger partial charge in [-0.1, -0.05) is 6.07 Å². The fraction of sp³-hybridized carbons (Fsp3) is 0.500. The van der Waals surface area contributed by atoms with Crippen molar-refractivity contribution in [1.82, 2.24) is 15.1 Å². The van der Waals surface area contributed by atoms with Crippen molar-refractivity contribution in [3.8, 4) is 0 Å². The van der Waals surface area contributed by atoms with Crippen molar-refractivity contribution in [2.24, 2.45) is 0 Å². The van der Waals surface area contributed by atoms with Crippen LogP contribution < -0.4 is 5.32 Å². The zero-order valence-corrected chi connectivity index (χ0v) is 13.3. The molecule has 2 amide bonds. The fourth-order valence-electron chi connectivity index (χ4n) is 2.64. The van der Waals surface area contributed by atoms with E-state index in [2.05, 4.69) is 5.32 Å². The summed E-state index contributed by atoms with van der Waals surface area (Å²) in [5, 5.41) is 2.71. The lowest BCUT2D eigenvalue weighted by Crippen LogP contribution is -2.50. The number of nitrogens with one attached hydrogen (secondary N) is 1. The van der Waals surface area contributed by atoms with E-state index in [-0.39, 0.29) is 23.9 Å². The first-order chi connectivity index (χ1) is 10.9. The second-order valence-electron chi connectivity index (χ2n) is 5.74. The highest BCUT2D eigenvalue weighted by molar-refractivity contribution is 5.78. The molecule has 23 heavy (non-hydrogen) atoms. The number of halogens is 2. The Balaban J connectivity index is 1.84. The van der Waals surface area contributed by atoms with E-state index in [1.54, 1.807) is 11.8 Å². The zero-order chi connectivity index (χ0) is 17.0. The molecule has 1 aromatic carbocycles. The van der Waals surface area contributed by atoms with Crippen LogP contribution in [0.15, 0.2) is 18.2 Å². The summed E-state index contributed by atoms with van der Waals surface area (Å²) in [6.45, 7) is 5.84. The normalized spacial score (nSPS) is 17.0. The van der Waals surface area contributed by atoms with Crippen molar-refractivity contribution in [3.63, 3.8) is 0 Å². The minimum absolute atomic E-state index is 0.0366. The first-order valence-corrected chi connectivity index (χ1v) is 7.59. The average molecular weight is 325 g/mol. The Hall–Kier alpha value is -2.02. The zero-order valence-electron chi connectivity index (χ0n) is 13.3. The topological polar surface area (TPSA) is 52.7 Å². The van der Waals surface area contributed by atoms with Gasteiger partial charge < -0.3 is 10.2 Å². The van der Waals surface area contributed by atoms with Gasteiger partial charge in [0.1, 0.15) is 11.6 Å². The van der Waals surface area contributed by atoms with Crippen LogP contribution in [0.5, 0.6) is 0 Å². The molecule has 1 atom stereocenters. The number of benzene rings is 1. The van der Waals surface area contributed by atoms with E-state index < -0.39 is 17.7 Å². The van der Waals surface area contributed by atoms with Crippen molar-refractivity contribution >= 4 is 11.8 Å². The van der Waals surface area contributed by atoms with Crippen LogP contribution in [-0.4, -0.2) is 54.3 Å². The van der Waals surface area contributed by atoms with Crippen molar-refractivity contribution in [2.75, 3.05) is 32.7 Å². The lowest BCUT2D eigenvalue weighted by Gasteiger charge is -2.33. The molecule has 1 aromatic rings. The van der Waals surface area contributed by atoms with Crippen LogP contribution in [0.2, 0.25) is 0 Å². The van der Waals surface area contributed by atoms with Gasteiger partial charge in [-0.25, -0.2) is 8.78 Å². The Morgan fingerprint density at radius 2 is 1.87 bits per heavy atom. The van der Waals surface area contributed by atoms with Crippen LogP contribution in [0.1, 0.15) is 25.5 Å². The molecule has 1 aliphatic rings. The van der Waals surface area contributed by atoms with E-state index in [9.17, 15) is 18.4 Å². The molecule has 126 valence electrons. The molecule has 1 aliphatic heterocycles. The number of amides is 2. The van der Waals surface area contributed by atoms with Gasteiger partial charge in [0.15, 0.2) is 0 Å². The average Bonchev–Trinajstić information content (AvgIpc) is 2.47. The van der Waals surface area contributed by atoms with Gasteiger partial charge in [0.2, 0.25) is 11.8 Å². The summed E-state index contributed by atoms with van der Waals surface area (Å²) in [4.78, 5) is 27.0. The molecule has 0 aromatic heterocycles. The van der Waals surface area contributed by atoms with Crippen molar-refractivity contribution in [3.05, 3.63) is 35.4 Å². The second kappa shape index (κ2) is 7.50. The maximum atomic E-state index is 13.7. The molecule has 1 fully saturated rings. The Morgan fingerprint density at radius 3 is 2.43 bits per heavy atom. The van der Waals surface area contributed by atoms with Gasteiger partial charge >= 0.3 is 0 Å². The molecule has 0 saturated carbocycles. The lowest BCUT2D eigenvalue weighted by molar-refractivity contribution is -0.131. The van der Waals surface area contributed by atoms with Crippen molar-refractivity contribution in [2.45, 2.75) is 19.9 Å². The Bertz CT molecular complexity index is 587. The van der Waals surface area contributed by atoms with Gasteiger partial charge in [0.25, 0.3) is 0 Å².